The molecular formula is C10H6Cl2F3. The second-order valence-corrected chi connectivity index (χ2v) is 4.30. The molecule has 1 aromatic rings. The van der Waals surface area contributed by atoms with Crippen LogP contribution in [-0.2, 0) is 0 Å². The number of benzene rings is 1. The van der Waals surface area contributed by atoms with Crippen molar-refractivity contribution in [3.8, 4) is 0 Å². The molecule has 1 fully saturated rings. The highest BCUT2D eigenvalue weighted by atomic mass is 35.5. The van der Waals surface area contributed by atoms with Crippen molar-refractivity contribution in [3.05, 3.63) is 40.2 Å². The molecule has 0 aliphatic heterocycles. The Balaban J connectivity index is 2.20. The van der Waals surface area contributed by atoms with Crippen molar-refractivity contribution in [1.29, 1.82) is 0 Å². The molecule has 0 nitrogen and oxygen atoms in total. The predicted molar refractivity (Wildman–Crippen MR) is 53.0 cm³/mol. The Morgan fingerprint density at radius 1 is 1.13 bits per heavy atom. The van der Waals surface area contributed by atoms with E-state index in [1.165, 1.54) is 18.6 Å². The van der Waals surface area contributed by atoms with Crippen LogP contribution < -0.4 is 0 Å². The molecule has 2 unspecified atom stereocenters. The van der Waals surface area contributed by atoms with E-state index >= 15 is 0 Å². The number of hydrogen-bond acceptors (Lipinski definition) is 0. The maximum absolute atomic E-state index is 12.3. The van der Waals surface area contributed by atoms with Gasteiger partial charge in [-0.2, -0.15) is 13.2 Å². The van der Waals surface area contributed by atoms with Gasteiger partial charge >= 0.3 is 6.18 Å². The van der Waals surface area contributed by atoms with Crippen LogP contribution in [0.3, 0.4) is 0 Å². The molecule has 0 bridgehead atoms. The number of hydrogen-bond donors (Lipinski definition) is 0. The molecule has 2 atom stereocenters. The molecule has 0 heterocycles. The van der Waals surface area contributed by atoms with E-state index in [4.69, 9.17) is 23.2 Å². The molecule has 0 aromatic heterocycles. The predicted octanol–water partition coefficient (Wildman–Crippen LogP) is 4.47. The summed E-state index contributed by atoms with van der Waals surface area (Å²) in [6.45, 7) is 0. The fourth-order valence-electron chi connectivity index (χ4n) is 1.54. The highest BCUT2D eigenvalue weighted by molar-refractivity contribution is 6.35. The van der Waals surface area contributed by atoms with E-state index in [9.17, 15) is 13.2 Å². The summed E-state index contributed by atoms with van der Waals surface area (Å²) >= 11 is 11.5. The molecule has 0 amide bonds. The van der Waals surface area contributed by atoms with Gasteiger partial charge in [-0.3, -0.25) is 0 Å². The molecule has 5 heteroatoms. The van der Waals surface area contributed by atoms with E-state index in [1.54, 1.807) is 6.07 Å². The van der Waals surface area contributed by atoms with Gasteiger partial charge in [-0.15, -0.1) is 0 Å². The summed E-state index contributed by atoms with van der Waals surface area (Å²) in [7, 11) is 0. The molecule has 0 spiro atoms. The average Bonchev–Trinajstić information content (AvgIpc) is 2.82. The van der Waals surface area contributed by atoms with Crippen LogP contribution in [-0.4, -0.2) is 6.18 Å². The first-order chi connectivity index (χ1) is 6.89. The van der Waals surface area contributed by atoms with Gasteiger partial charge in [-0.05, 0) is 24.1 Å². The van der Waals surface area contributed by atoms with Gasteiger partial charge in [0.2, 0.25) is 0 Å². The first-order valence-corrected chi connectivity index (χ1v) is 5.02. The van der Waals surface area contributed by atoms with Crippen molar-refractivity contribution in [3.63, 3.8) is 0 Å². The lowest BCUT2D eigenvalue weighted by Gasteiger charge is -2.06. The summed E-state index contributed by atoms with van der Waals surface area (Å²) in [5.41, 5.74) is 0.489. The van der Waals surface area contributed by atoms with Crippen molar-refractivity contribution < 1.29 is 13.2 Å². The van der Waals surface area contributed by atoms with Crippen LogP contribution >= 0.6 is 23.2 Å². The van der Waals surface area contributed by atoms with Gasteiger partial charge in [0.1, 0.15) is 0 Å². The second kappa shape index (κ2) is 3.56. The minimum atomic E-state index is -4.17. The normalized spacial score (nSPS) is 25.4. The summed E-state index contributed by atoms with van der Waals surface area (Å²) in [6, 6.07) is 4.54. The van der Waals surface area contributed by atoms with Crippen LogP contribution in [0, 0.1) is 12.3 Å². The van der Waals surface area contributed by atoms with E-state index in [2.05, 4.69) is 0 Å². The van der Waals surface area contributed by atoms with Gasteiger partial charge in [0.25, 0.3) is 0 Å². The third kappa shape index (κ3) is 2.23. The van der Waals surface area contributed by atoms with Crippen molar-refractivity contribution in [2.24, 2.45) is 5.92 Å². The van der Waals surface area contributed by atoms with E-state index < -0.39 is 18.0 Å². The van der Waals surface area contributed by atoms with E-state index in [-0.39, 0.29) is 5.02 Å². The third-order valence-corrected chi connectivity index (χ3v) is 2.92. The SMILES string of the molecule is FC(F)(F)C1[CH]C1c1ccc(Cl)cc1Cl. The van der Waals surface area contributed by atoms with Crippen LogP contribution in [0.2, 0.25) is 10.0 Å². The maximum Gasteiger partial charge on any atom is 0.392 e. The van der Waals surface area contributed by atoms with Crippen LogP contribution in [0.15, 0.2) is 18.2 Å². The van der Waals surface area contributed by atoms with Gasteiger partial charge in [0.05, 0.1) is 5.92 Å². The van der Waals surface area contributed by atoms with E-state index in [0.717, 1.165) is 0 Å². The lowest BCUT2D eigenvalue weighted by molar-refractivity contribution is -0.145. The van der Waals surface area contributed by atoms with Gasteiger partial charge < -0.3 is 0 Å². The van der Waals surface area contributed by atoms with E-state index in [0.29, 0.717) is 10.6 Å². The Bertz CT molecular complexity index is 387. The Labute approximate surface area is 95.0 Å². The molecule has 81 valence electrons. The Morgan fingerprint density at radius 2 is 1.80 bits per heavy atom. The summed E-state index contributed by atoms with van der Waals surface area (Å²) in [5.74, 6) is -1.98. The van der Waals surface area contributed by atoms with Crippen molar-refractivity contribution in [1.82, 2.24) is 0 Å². The number of alkyl halides is 3. The Morgan fingerprint density at radius 3 is 2.27 bits per heavy atom. The number of halogens is 5. The summed E-state index contributed by atoms with van der Waals surface area (Å²) in [6.07, 6.45) is -2.94. The van der Waals surface area contributed by atoms with Crippen molar-refractivity contribution >= 4 is 23.2 Å². The Hall–Kier alpha value is -0.410. The topological polar surface area (TPSA) is 0 Å². The molecule has 0 saturated heterocycles. The van der Waals surface area contributed by atoms with Gasteiger partial charge in [0.15, 0.2) is 0 Å². The van der Waals surface area contributed by atoms with Crippen LogP contribution in [0.5, 0.6) is 0 Å². The molecule has 1 radical (unpaired) electrons. The lowest BCUT2D eigenvalue weighted by Crippen LogP contribution is -2.11. The molecule has 1 aromatic carbocycles. The summed E-state index contributed by atoms with van der Waals surface area (Å²) < 4.78 is 36.9. The van der Waals surface area contributed by atoms with Crippen LogP contribution in [0.4, 0.5) is 13.2 Å². The van der Waals surface area contributed by atoms with Crippen LogP contribution in [0.25, 0.3) is 0 Å². The molecule has 15 heavy (non-hydrogen) atoms. The molecule has 1 saturated carbocycles. The molecule has 1 aliphatic carbocycles. The van der Waals surface area contributed by atoms with Crippen LogP contribution in [0.1, 0.15) is 11.5 Å². The fraction of sp³-hybridized carbons (Fsp3) is 0.300. The third-order valence-electron chi connectivity index (χ3n) is 2.36. The highest BCUT2D eigenvalue weighted by Crippen LogP contribution is 2.56. The van der Waals surface area contributed by atoms with Crippen molar-refractivity contribution in [2.45, 2.75) is 12.1 Å². The highest BCUT2D eigenvalue weighted by Gasteiger charge is 2.56. The fourth-order valence-corrected chi connectivity index (χ4v) is 2.08. The lowest BCUT2D eigenvalue weighted by atomic mass is 10.1. The van der Waals surface area contributed by atoms with E-state index in [1.807, 2.05) is 0 Å². The first kappa shape index (κ1) is 11.1. The molecule has 0 N–H and O–H groups in total. The number of rotatable bonds is 1. The summed E-state index contributed by atoms with van der Waals surface area (Å²) in [4.78, 5) is 0. The largest absolute Gasteiger partial charge is 0.392 e. The van der Waals surface area contributed by atoms with Crippen molar-refractivity contribution in [2.75, 3.05) is 0 Å². The zero-order chi connectivity index (χ0) is 11.2. The second-order valence-electron chi connectivity index (χ2n) is 3.45. The van der Waals surface area contributed by atoms with Gasteiger partial charge in [-0.25, -0.2) is 0 Å². The minimum absolute atomic E-state index is 0.288. The monoisotopic (exact) mass is 253 g/mol. The Kier molecular flexibility index (Phi) is 2.63. The smallest absolute Gasteiger partial charge is 0.171 e. The zero-order valence-corrected chi connectivity index (χ0v) is 8.87. The molecule has 2 rings (SSSR count). The van der Waals surface area contributed by atoms with Gasteiger partial charge in [0, 0.05) is 16.0 Å². The summed E-state index contributed by atoms with van der Waals surface area (Å²) in [5, 5.41) is 0.712. The minimum Gasteiger partial charge on any atom is -0.171 e. The molecular weight excluding hydrogens is 248 g/mol. The molecule has 1 aliphatic rings. The quantitative estimate of drug-likeness (QED) is 0.693. The maximum atomic E-state index is 12.3. The zero-order valence-electron chi connectivity index (χ0n) is 7.35. The van der Waals surface area contributed by atoms with Gasteiger partial charge in [-0.1, -0.05) is 29.3 Å². The standard InChI is InChI=1S/C10H6Cl2F3/c11-5-1-2-6(9(12)3-5)7-4-8(7)10(13,14)15/h1-4,7-8H. The average molecular weight is 254 g/mol. The first-order valence-electron chi connectivity index (χ1n) is 4.26.